The van der Waals surface area contributed by atoms with Gasteiger partial charge in [-0.2, -0.15) is 0 Å². The SMILES string of the molecule is COC1C(F)=C(F)C=C2C(=O)C(C(=O)O)=CN(CC(C)(F)F)C21. The topological polar surface area (TPSA) is 66.8 Å². The molecular formula is C14H13F4NO4. The molecule has 1 heterocycles. The molecule has 1 aliphatic heterocycles. The first-order chi connectivity index (χ1) is 10.6. The third-order valence-electron chi connectivity index (χ3n) is 3.47. The Kier molecular flexibility index (Phi) is 4.34. The van der Waals surface area contributed by atoms with Gasteiger partial charge in [-0.15, -0.1) is 0 Å². The van der Waals surface area contributed by atoms with Crippen molar-refractivity contribution in [2.75, 3.05) is 13.7 Å². The number of methoxy groups -OCH3 is 1. The maximum absolute atomic E-state index is 13.9. The number of alkyl halides is 2. The van der Waals surface area contributed by atoms with E-state index in [4.69, 9.17) is 9.84 Å². The summed E-state index contributed by atoms with van der Waals surface area (Å²) in [5, 5.41) is 9.01. The van der Waals surface area contributed by atoms with E-state index in [1.807, 2.05) is 0 Å². The molecule has 0 aromatic carbocycles. The lowest BCUT2D eigenvalue weighted by molar-refractivity contribution is -0.135. The number of Topliss-reactive ketones (excluding diaryl/α,β-unsaturated/α-hetero) is 1. The van der Waals surface area contributed by atoms with Crippen molar-refractivity contribution < 1.29 is 37.0 Å². The maximum Gasteiger partial charge on any atom is 0.341 e. The van der Waals surface area contributed by atoms with Crippen LogP contribution in [0.3, 0.4) is 0 Å². The van der Waals surface area contributed by atoms with Gasteiger partial charge in [-0.3, -0.25) is 4.79 Å². The molecule has 0 radical (unpaired) electrons. The summed E-state index contributed by atoms with van der Waals surface area (Å²) in [6.45, 7) is -0.410. The van der Waals surface area contributed by atoms with Crippen LogP contribution in [-0.2, 0) is 14.3 Å². The Labute approximate surface area is 128 Å². The largest absolute Gasteiger partial charge is 0.477 e. The number of hydrogen-bond acceptors (Lipinski definition) is 4. The number of ether oxygens (including phenoxy) is 1. The Balaban J connectivity index is 2.59. The molecule has 2 atom stereocenters. The molecule has 0 saturated carbocycles. The van der Waals surface area contributed by atoms with Crippen molar-refractivity contribution in [3.05, 3.63) is 35.1 Å². The molecule has 1 N–H and O–H groups in total. The van der Waals surface area contributed by atoms with E-state index in [0.29, 0.717) is 19.2 Å². The number of hydrogen-bond donors (Lipinski definition) is 1. The molecule has 0 bridgehead atoms. The third kappa shape index (κ3) is 3.14. The van der Waals surface area contributed by atoms with Gasteiger partial charge in [0.05, 0.1) is 12.6 Å². The van der Waals surface area contributed by atoms with Crippen molar-refractivity contribution in [2.24, 2.45) is 0 Å². The minimum absolute atomic E-state index is 0.445. The van der Waals surface area contributed by atoms with Gasteiger partial charge in [0.2, 0.25) is 0 Å². The van der Waals surface area contributed by atoms with E-state index in [1.54, 1.807) is 0 Å². The molecule has 2 unspecified atom stereocenters. The van der Waals surface area contributed by atoms with Gasteiger partial charge >= 0.3 is 5.97 Å². The highest BCUT2D eigenvalue weighted by Gasteiger charge is 2.46. The molecule has 0 spiro atoms. The maximum atomic E-state index is 13.9. The molecule has 126 valence electrons. The van der Waals surface area contributed by atoms with E-state index < -0.39 is 59.2 Å². The fourth-order valence-corrected chi connectivity index (χ4v) is 2.59. The molecule has 5 nitrogen and oxygen atoms in total. The van der Waals surface area contributed by atoms with Crippen LogP contribution in [0, 0.1) is 0 Å². The second-order valence-corrected chi connectivity index (χ2v) is 5.32. The van der Waals surface area contributed by atoms with Crippen molar-refractivity contribution in [3.63, 3.8) is 0 Å². The number of carbonyl (C=O) groups is 2. The predicted molar refractivity (Wildman–Crippen MR) is 70.0 cm³/mol. The molecule has 1 aliphatic carbocycles. The highest BCUT2D eigenvalue weighted by molar-refractivity contribution is 6.24. The molecule has 2 aliphatic rings. The van der Waals surface area contributed by atoms with Gasteiger partial charge in [-0.25, -0.2) is 22.4 Å². The predicted octanol–water partition coefficient (Wildman–Crippen LogP) is 1.97. The first-order valence-electron chi connectivity index (χ1n) is 6.49. The second kappa shape index (κ2) is 5.80. The number of carboxylic acid groups (broad SMARTS) is 1. The number of nitrogens with zero attached hydrogens (tertiary/aromatic N) is 1. The monoisotopic (exact) mass is 335 g/mol. The van der Waals surface area contributed by atoms with Crippen LogP contribution in [-0.4, -0.2) is 53.5 Å². The number of carbonyl (C=O) groups excluding carboxylic acids is 1. The molecule has 2 rings (SSSR count). The Morgan fingerprint density at radius 3 is 2.52 bits per heavy atom. The van der Waals surface area contributed by atoms with Crippen molar-refractivity contribution >= 4 is 11.8 Å². The molecule has 0 aromatic heterocycles. The van der Waals surface area contributed by atoms with E-state index in [-0.39, 0.29) is 0 Å². The highest BCUT2D eigenvalue weighted by Crippen LogP contribution is 2.37. The van der Waals surface area contributed by atoms with Crippen LogP contribution in [0.25, 0.3) is 0 Å². The number of fused-ring (bicyclic) bond motifs is 1. The fraction of sp³-hybridized carbons (Fsp3) is 0.429. The quantitative estimate of drug-likeness (QED) is 0.628. The summed E-state index contributed by atoms with van der Waals surface area (Å²) in [5.74, 6) is -8.72. The molecule has 23 heavy (non-hydrogen) atoms. The van der Waals surface area contributed by atoms with Gasteiger partial charge in [0.1, 0.15) is 11.7 Å². The van der Waals surface area contributed by atoms with Crippen LogP contribution in [0.15, 0.2) is 35.1 Å². The first kappa shape index (κ1) is 17.2. The molecule has 0 aromatic rings. The Hall–Kier alpha value is -2.16. The summed E-state index contributed by atoms with van der Waals surface area (Å²) in [5.41, 5.74) is -1.25. The lowest BCUT2D eigenvalue weighted by atomic mass is 9.85. The van der Waals surface area contributed by atoms with Gasteiger partial charge in [-0.1, -0.05) is 0 Å². The smallest absolute Gasteiger partial charge is 0.341 e. The van der Waals surface area contributed by atoms with Crippen LogP contribution in [0.1, 0.15) is 6.92 Å². The summed E-state index contributed by atoms with van der Waals surface area (Å²) in [6, 6.07) is -1.37. The molecular weight excluding hydrogens is 322 g/mol. The van der Waals surface area contributed by atoms with Crippen LogP contribution in [0.5, 0.6) is 0 Å². The van der Waals surface area contributed by atoms with E-state index in [2.05, 4.69) is 0 Å². The second-order valence-electron chi connectivity index (χ2n) is 5.32. The fourth-order valence-electron chi connectivity index (χ4n) is 2.59. The lowest BCUT2D eigenvalue weighted by Gasteiger charge is -2.41. The zero-order valence-corrected chi connectivity index (χ0v) is 12.1. The molecule has 9 heteroatoms. The standard InChI is InChI=1S/C14H13F4NO4/c1-14(17,18)5-19-4-7(13(21)22)11(20)6-3-8(15)9(16)12(23-2)10(6)19/h3-4,10,12H,5H2,1-2H3,(H,21,22). The van der Waals surface area contributed by atoms with Crippen LogP contribution < -0.4 is 0 Å². The van der Waals surface area contributed by atoms with Crippen LogP contribution >= 0.6 is 0 Å². The van der Waals surface area contributed by atoms with Crippen LogP contribution in [0.2, 0.25) is 0 Å². The number of aliphatic carboxylic acids is 1. The number of carboxylic acids is 1. The Morgan fingerprint density at radius 2 is 2.04 bits per heavy atom. The lowest BCUT2D eigenvalue weighted by Crippen LogP contribution is -2.53. The number of allylic oxidation sites excluding steroid dienone is 2. The normalized spacial score (nSPS) is 25.1. The molecule has 0 saturated heterocycles. The number of halogens is 4. The minimum Gasteiger partial charge on any atom is -0.477 e. The van der Waals surface area contributed by atoms with Gasteiger partial charge in [-0.05, 0) is 6.08 Å². The van der Waals surface area contributed by atoms with Crippen molar-refractivity contribution in [1.82, 2.24) is 4.90 Å². The molecule has 0 fully saturated rings. The highest BCUT2D eigenvalue weighted by atomic mass is 19.3. The van der Waals surface area contributed by atoms with E-state index in [1.165, 1.54) is 0 Å². The van der Waals surface area contributed by atoms with Crippen molar-refractivity contribution in [3.8, 4) is 0 Å². The van der Waals surface area contributed by atoms with Gasteiger partial charge in [0.15, 0.2) is 17.4 Å². The zero-order valence-electron chi connectivity index (χ0n) is 12.1. The third-order valence-corrected chi connectivity index (χ3v) is 3.47. The summed E-state index contributed by atoms with van der Waals surface area (Å²) in [7, 11) is 1.03. The Morgan fingerprint density at radius 1 is 1.43 bits per heavy atom. The van der Waals surface area contributed by atoms with Gasteiger partial charge in [0.25, 0.3) is 5.92 Å². The van der Waals surface area contributed by atoms with Crippen molar-refractivity contribution in [1.29, 1.82) is 0 Å². The number of ketones is 1. The summed E-state index contributed by atoms with van der Waals surface area (Å²) in [4.78, 5) is 24.0. The van der Waals surface area contributed by atoms with Gasteiger partial charge < -0.3 is 14.7 Å². The summed E-state index contributed by atoms with van der Waals surface area (Å²) < 4.78 is 59.0. The zero-order chi connectivity index (χ0) is 17.5. The van der Waals surface area contributed by atoms with Gasteiger partial charge in [0, 0.05) is 25.8 Å². The van der Waals surface area contributed by atoms with Crippen molar-refractivity contribution in [2.45, 2.75) is 25.0 Å². The van der Waals surface area contributed by atoms with E-state index in [9.17, 15) is 27.2 Å². The summed E-state index contributed by atoms with van der Waals surface area (Å²) in [6.07, 6.45) is -0.394. The van der Waals surface area contributed by atoms with Crippen LogP contribution in [0.4, 0.5) is 17.6 Å². The first-order valence-corrected chi connectivity index (χ1v) is 6.49. The minimum atomic E-state index is -3.26. The van der Waals surface area contributed by atoms with E-state index in [0.717, 1.165) is 12.0 Å². The average Bonchev–Trinajstić information content (AvgIpc) is 2.42. The molecule has 0 amide bonds. The van der Waals surface area contributed by atoms with E-state index >= 15 is 0 Å². The summed E-state index contributed by atoms with van der Waals surface area (Å²) >= 11 is 0. The number of rotatable bonds is 4. The Bertz CT molecular complexity index is 648. The average molecular weight is 335 g/mol.